The van der Waals surface area contributed by atoms with E-state index < -0.39 is 17.5 Å². The highest BCUT2D eigenvalue weighted by Crippen LogP contribution is 2.42. The summed E-state index contributed by atoms with van der Waals surface area (Å²) in [7, 11) is 0. The fourth-order valence-corrected chi connectivity index (χ4v) is 3.57. The van der Waals surface area contributed by atoms with Crippen LogP contribution in [0.3, 0.4) is 0 Å². The molecule has 0 aromatic heterocycles. The Kier molecular flexibility index (Phi) is 4.46. The van der Waals surface area contributed by atoms with Crippen LogP contribution in [0.2, 0.25) is 0 Å². The van der Waals surface area contributed by atoms with Gasteiger partial charge >= 0.3 is 5.97 Å². The molecule has 1 aliphatic heterocycles. The van der Waals surface area contributed by atoms with Crippen molar-refractivity contribution in [1.82, 2.24) is 0 Å². The zero-order chi connectivity index (χ0) is 11.5. The maximum Gasteiger partial charge on any atom is 0.309 e. The van der Waals surface area contributed by atoms with Crippen LogP contribution < -0.4 is 0 Å². The van der Waals surface area contributed by atoms with Crippen LogP contribution in [0.4, 0.5) is 0 Å². The zero-order valence-corrected chi connectivity index (χ0v) is 10.2. The van der Waals surface area contributed by atoms with Gasteiger partial charge in [0.15, 0.2) is 0 Å². The maximum atomic E-state index is 11.2. The van der Waals surface area contributed by atoms with Crippen LogP contribution in [0.5, 0.6) is 0 Å². The van der Waals surface area contributed by atoms with Crippen LogP contribution in [-0.2, 0) is 4.79 Å². The second-order valence-electron chi connectivity index (χ2n) is 4.29. The summed E-state index contributed by atoms with van der Waals surface area (Å²) in [5.41, 5.74) is -0.994. The lowest BCUT2D eigenvalue weighted by Crippen LogP contribution is -2.46. The highest BCUT2D eigenvalue weighted by atomic mass is 32.2. The van der Waals surface area contributed by atoms with Crippen LogP contribution in [0.25, 0.3) is 0 Å². The zero-order valence-electron chi connectivity index (χ0n) is 9.40. The van der Waals surface area contributed by atoms with Crippen molar-refractivity contribution in [2.24, 2.45) is 5.92 Å². The van der Waals surface area contributed by atoms with Gasteiger partial charge in [0.2, 0.25) is 0 Å². The second kappa shape index (κ2) is 5.21. The Balaban J connectivity index is 2.73. The average Bonchev–Trinajstić information content (AvgIpc) is 2.48. The Bertz CT molecular complexity index is 232. The Labute approximate surface area is 95.3 Å². The minimum absolute atomic E-state index is 0.0375. The van der Waals surface area contributed by atoms with Gasteiger partial charge in [0.1, 0.15) is 0 Å². The van der Waals surface area contributed by atoms with Crippen molar-refractivity contribution in [3.63, 3.8) is 0 Å². The van der Waals surface area contributed by atoms with E-state index in [2.05, 4.69) is 0 Å². The number of carboxylic acid groups (broad SMARTS) is 1. The van der Waals surface area contributed by atoms with Crippen molar-refractivity contribution >= 4 is 17.7 Å². The number of hydrogen-bond acceptors (Lipinski definition) is 3. The highest BCUT2D eigenvalue weighted by molar-refractivity contribution is 8.00. The lowest BCUT2D eigenvalue weighted by Gasteiger charge is -2.33. The van der Waals surface area contributed by atoms with Crippen molar-refractivity contribution in [3.8, 4) is 0 Å². The molecule has 1 aliphatic rings. The lowest BCUT2D eigenvalue weighted by atomic mass is 9.80. The predicted molar refractivity (Wildman–Crippen MR) is 62.1 cm³/mol. The standard InChI is InChI=1S/C11H20O3S/c1-3-4-5-9(10(12)13)11(14)6-7-15-8(11)2/h8-9,14H,3-7H2,1-2H3,(H,12,13). The van der Waals surface area contributed by atoms with Gasteiger partial charge in [0.25, 0.3) is 0 Å². The molecule has 0 aromatic carbocycles. The Hall–Kier alpha value is -0.220. The first-order valence-corrected chi connectivity index (χ1v) is 6.64. The summed E-state index contributed by atoms with van der Waals surface area (Å²) in [6.07, 6.45) is 3.05. The number of thioether (sulfide) groups is 1. The number of aliphatic carboxylic acids is 1. The van der Waals surface area contributed by atoms with Crippen molar-refractivity contribution in [3.05, 3.63) is 0 Å². The van der Waals surface area contributed by atoms with E-state index in [0.717, 1.165) is 18.6 Å². The van der Waals surface area contributed by atoms with E-state index >= 15 is 0 Å². The van der Waals surface area contributed by atoms with Gasteiger partial charge in [-0.05, 0) is 18.6 Å². The first kappa shape index (κ1) is 12.8. The molecule has 1 rings (SSSR count). The first-order chi connectivity index (χ1) is 7.02. The molecule has 3 atom stereocenters. The van der Waals surface area contributed by atoms with Gasteiger partial charge in [-0.3, -0.25) is 4.79 Å². The quantitative estimate of drug-likeness (QED) is 0.762. The first-order valence-electron chi connectivity index (χ1n) is 5.59. The van der Waals surface area contributed by atoms with Crippen LogP contribution >= 0.6 is 11.8 Å². The van der Waals surface area contributed by atoms with Gasteiger partial charge in [-0.1, -0.05) is 26.7 Å². The molecule has 1 heterocycles. The molecular weight excluding hydrogens is 212 g/mol. The minimum Gasteiger partial charge on any atom is -0.481 e. The van der Waals surface area contributed by atoms with Gasteiger partial charge in [0, 0.05) is 5.25 Å². The number of rotatable bonds is 5. The molecule has 3 unspecified atom stereocenters. The summed E-state index contributed by atoms with van der Waals surface area (Å²) in [4.78, 5) is 11.2. The molecular formula is C11H20O3S. The number of hydrogen-bond donors (Lipinski definition) is 2. The molecule has 3 nitrogen and oxygen atoms in total. The van der Waals surface area contributed by atoms with Crippen LogP contribution in [-0.4, -0.2) is 32.8 Å². The van der Waals surface area contributed by atoms with Gasteiger partial charge in [-0.25, -0.2) is 0 Å². The summed E-state index contributed by atoms with van der Waals surface area (Å²) in [6.45, 7) is 3.97. The normalized spacial score (nSPS) is 32.9. The van der Waals surface area contributed by atoms with Gasteiger partial charge in [0.05, 0.1) is 11.5 Å². The van der Waals surface area contributed by atoms with Gasteiger partial charge < -0.3 is 10.2 Å². The monoisotopic (exact) mass is 232 g/mol. The summed E-state index contributed by atoms with van der Waals surface area (Å²) in [5, 5.41) is 19.6. The van der Waals surface area contributed by atoms with E-state index in [0.29, 0.717) is 12.8 Å². The van der Waals surface area contributed by atoms with Crippen LogP contribution in [0.15, 0.2) is 0 Å². The highest BCUT2D eigenvalue weighted by Gasteiger charge is 2.48. The fourth-order valence-electron chi connectivity index (χ4n) is 2.20. The summed E-state index contributed by atoms with van der Waals surface area (Å²) >= 11 is 1.67. The van der Waals surface area contributed by atoms with Crippen LogP contribution in [0.1, 0.15) is 39.5 Å². The molecule has 0 bridgehead atoms. The topological polar surface area (TPSA) is 57.5 Å². The third-order valence-electron chi connectivity index (χ3n) is 3.32. The van der Waals surface area contributed by atoms with E-state index in [1.807, 2.05) is 13.8 Å². The molecule has 1 fully saturated rings. The van der Waals surface area contributed by atoms with E-state index in [-0.39, 0.29) is 5.25 Å². The third kappa shape index (κ3) is 2.67. The Morgan fingerprint density at radius 1 is 1.67 bits per heavy atom. The van der Waals surface area contributed by atoms with Gasteiger partial charge in [-0.2, -0.15) is 11.8 Å². The fraction of sp³-hybridized carbons (Fsp3) is 0.909. The molecule has 0 spiro atoms. The molecule has 15 heavy (non-hydrogen) atoms. The summed E-state index contributed by atoms with van der Waals surface area (Å²) < 4.78 is 0. The van der Waals surface area contributed by atoms with Gasteiger partial charge in [-0.15, -0.1) is 0 Å². The van der Waals surface area contributed by atoms with E-state index in [1.165, 1.54) is 0 Å². The van der Waals surface area contributed by atoms with E-state index in [4.69, 9.17) is 0 Å². The van der Waals surface area contributed by atoms with Crippen molar-refractivity contribution < 1.29 is 15.0 Å². The Morgan fingerprint density at radius 3 is 2.73 bits per heavy atom. The molecule has 4 heteroatoms. The molecule has 0 amide bonds. The number of carboxylic acids is 1. The van der Waals surface area contributed by atoms with E-state index in [1.54, 1.807) is 11.8 Å². The van der Waals surface area contributed by atoms with Crippen molar-refractivity contribution in [2.75, 3.05) is 5.75 Å². The third-order valence-corrected chi connectivity index (χ3v) is 4.67. The maximum absolute atomic E-state index is 11.2. The SMILES string of the molecule is CCCCC(C(=O)O)C1(O)CCSC1C. The van der Waals surface area contributed by atoms with Crippen molar-refractivity contribution in [2.45, 2.75) is 50.4 Å². The molecule has 88 valence electrons. The summed E-state index contributed by atoms with van der Waals surface area (Å²) in [5.74, 6) is -0.573. The largest absolute Gasteiger partial charge is 0.481 e. The van der Waals surface area contributed by atoms with Crippen LogP contribution in [0, 0.1) is 5.92 Å². The van der Waals surface area contributed by atoms with E-state index in [9.17, 15) is 15.0 Å². The predicted octanol–water partition coefficient (Wildman–Crippen LogP) is 2.13. The number of unbranched alkanes of at least 4 members (excludes halogenated alkanes) is 1. The Morgan fingerprint density at radius 2 is 2.33 bits per heavy atom. The molecule has 1 saturated heterocycles. The molecule has 0 radical (unpaired) electrons. The number of aliphatic hydroxyl groups is 1. The number of carbonyl (C=O) groups is 1. The van der Waals surface area contributed by atoms with Crippen molar-refractivity contribution in [1.29, 1.82) is 0 Å². The molecule has 0 aliphatic carbocycles. The smallest absolute Gasteiger partial charge is 0.309 e. The second-order valence-corrected chi connectivity index (χ2v) is 5.74. The average molecular weight is 232 g/mol. The minimum atomic E-state index is -0.994. The molecule has 0 saturated carbocycles. The lowest BCUT2D eigenvalue weighted by molar-refractivity contribution is -0.152. The molecule has 2 N–H and O–H groups in total. The summed E-state index contributed by atoms with van der Waals surface area (Å²) in [6, 6.07) is 0. The molecule has 0 aromatic rings.